The minimum atomic E-state index is -4.24. The molecule has 7 heteroatoms. The summed E-state index contributed by atoms with van der Waals surface area (Å²) < 4.78 is 37.9. The Morgan fingerprint density at radius 1 is 0.708 bits per heavy atom. The summed E-state index contributed by atoms with van der Waals surface area (Å²) in [5, 5.41) is 0. The molecule has 0 aromatic carbocycles. The van der Waals surface area contributed by atoms with Crippen LogP contribution in [0, 0.1) is 0 Å². The highest BCUT2D eigenvalue weighted by Gasteiger charge is 2.02. The molecule has 0 saturated heterocycles. The summed E-state index contributed by atoms with van der Waals surface area (Å²) in [5.74, 6) is 0. The number of ether oxygens (including phenoxy) is 1. The lowest BCUT2D eigenvalue weighted by atomic mass is 10.1. The van der Waals surface area contributed by atoms with E-state index in [1.807, 2.05) is 13.8 Å². The van der Waals surface area contributed by atoms with Crippen LogP contribution >= 0.6 is 0 Å². The van der Waals surface area contributed by atoms with E-state index in [-0.39, 0.29) is 12.8 Å². The van der Waals surface area contributed by atoms with E-state index in [1.165, 1.54) is 51.4 Å². The Labute approximate surface area is 150 Å². The smallest absolute Gasteiger partial charge is 0.382 e. The van der Waals surface area contributed by atoms with Crippen LogP contribution in [0.1, 0.15) is 91.4 Å². The van der Waals surface area contributed by atoms with Gasteiger partial charge in [0.1, 0.15) is 0 Å². The first kappa shape index (κ1) is 28.6. The Bertz CT molecular complexity index is 308. The van der Waals surface area contributed by atoms with Gasteiger partial charge in [0.15, 0.2) is 0 Å². The molecule has 0 radical (unpaired) electrons. The average Bonchev–Trinajstić information content (AvgIpc) is 2.49. The molecule has 4 N–H and O–H groups in total. The van der Waals surface area contributed by atoms with E-state index in [0.717, 1.165) is 26.1 Å². The molecule has 0 atom stereocenters. The lowest BCUT2D eigenvalue weighted by Gasteiger charge is -2.02. The van der Waals surface area contributed by atoms with Crippen molar-refractivity contribution in [1.82, 2.24) is 6.15 Å². The first-order valence-electron chi connectivity index (χ1n) is 9.17. The normalized spacial score (nSPS) is 10.7. The molecule has 0 spiro atoms. The maximum atomic E-state index is 10.2. The zero-order valence-corrected chi connectivity index (χ0v) is 16.9. The fraction of sp³-hybridized carbons (Fsp3) is 1.00. The van der Waals surface area contributed by atoms with Gasteiger partial charge in [-0.1, -0.05) is 71.1 Å². The van der Waals surface area contributed by atoms with Gasteiger partial charge in [-0.3, -0.25) is 4.55 Å². The molecule has 0 rings (SSSR count). The zero-order chi connectivity index (χ0) is 17.8. The van der Waals surface area contributed by atoms with Crippen molar-refractivity contribution < 1.29 is 21.9 Å². The average molecular weight is 372 g/mol. The Morgan fingerprint density at radius 2 is 1.08 bits per heavy atom. The quantitative estimate of drug-likeness (QED) is 0.298. The summed E-state index contributed by atoms with van der Waals surface area (Å²) in [4.78, 5) is 0. The molecule has 6 nitrogen and oxygen atoms in total. The molecular formula is C17H41NO5S. The van der Waals surface area contributed by atoms with Crippen LogP contribution in [-0.4, -0.2) is 32.8 Å². The van der Waals surface area contributed by atoms with Crippen molar-refractivity contribution in [3.63, 3.8) is 0 Å². The molecule has 150 valence electrons. The molecule has 0 amide bonds. The Morgan fingerprint density at radius 3 is 1.38 bits per heavy atom. The summed E-state index contributed by atoms with van der Waals surface area (Å²) in [6.45, 7) is 7.99. The fourth-order valence-corrected chi connectivity index (χ4v) is 2.46. The topological polar surface area (TPSA) is 108 Å². The van der Waals surface area contributed by atoms with E-state index in [9.17, 15) is 8.42 Å². The molecule has 0 fully saturated rings. The second kappa shape index (κ2) is 22.8. The third kappa shape index (κ3) is 33.4. The molecule has 0 aliphatic rings. The lowest BCUT2D eigenvalue weighted by Crippen LogP contribution is -2.04. The van der Waals surface area contributed by atoms with Gasteiger partial charge in [0, 0.05) is 13.2 Å². The highest BCUT2D eigenvalue weighted by atomic mass is 32.3. The van der Waals surface area contributed by atoms with Crippen molar-refractivity contribution in [2.24, 2.45) is 0 Å². The van der Waals surface area contributed by atoms with Gasteiger partial charge in [-0.25, -0.2) is 4.18 Å². The monoisotopic (exact) mass is 371 g/mol. The maximum Gasteiger partial charge on any atom is 0.397 e. The predicted octanol–water partition coefficient (Wildman–Crippen LogP) is 5.32. The largest absolute Gasteiger partial charge is 0.397 e. The second-order valence-electron chi connectivity index (χ2n) is 5.57. The summed E-state index contributed by atoms with van der Waals surface area (Å²) in [7, 11) is -4.24. The standard InChI is InChI=1S/C13H28O4S.C4H10O.H3N/c1-2-3-4-5-6-7-8-9-10-11-12-13-17-18(14,15)16;1-3-5-4-2;/h2-13H2,1H3,(H,14,15,16);3-4H2,1-2H3;1H3. The summed E-state index contributed by atoms with van der Waals surface area (Å²) in [6.07, 6.45) is 13.3. The van der Waals surface area contributed by atoms with Crippen molar-refractivity contribution in [3.05, 3.63) is 0 Å². The van der Waals surface area contributed by atoms with Gasteiger partial charge in [0.05, 0.1) is 6.61 Å². The number of rotatable bonds is 15. The van der Waals surface area contributed by atoms with Crippen LogP contribution in [0.2, 0.25) is 0 Å². The molecule has 24 heavy (non-hydrogen) atoms. The van der Waals surface area contributed by atoms with Gasteiger partial charge in [0.25, 0.3) is 0 Å². The maximum absolute atomic E-state index is 10.2. The zero-order valence-electron chi connectivity index (χ0n) is 16.1. The molecule has 0 bridgehead atoms. The predicted molar refractivity (Wildman–Crippen MR) is 101 cm³/mol. The minimum Gasteiger partial charge on any atom is -0.382 e. The summed E-state index contributed by atoms with van der Waals surface area (Å²) in [6, 6.07) is 0. The minimum absolute atomic E-state index is 0. The van der Waals surface area contributed by atoms with Gasteiger partial charge in [-0.2, -0.15) is 8.42 Å². The molecule has 0 aromatic rings. The first-order chi connectivity index (χ1) is 11.0. The van der Waals surface area contributed by atoms with Crippen LogP contribution in [0.15, 0.2) is 0 Å². The van der Waals surface area contributed by atoms with Gasteiger partial charge in [-0.05, 0) is 20.3 Å². The van der Waals surface area contributed by atoms with E-state index in [4.69, 9.17) is 9.29 Å². The number of hydrogen-bond acceptors (Lipinski definition) is 5. The Balaban J connectivity index is -0.000000639. The van der Waals surface area contributed by atoms with Crippen LogP contribution in [0.3, 0.4) is 0 Å². The van der Waals surface area contributed by atoms with E-state index < -0.39 is 10.4 Å². The molecule has 0 heterocycles. The van der Waals surface area contributed by atoms with E-state index in [1.54, 1.807) is 0 Å². The van der Waals surface area contributed by atoms with Gasteiger partial charge < -0.3 is 10.9 Å². The van der Waals surface area contributed by atoms with Crippen LogP contribution in [0.25, 0.3) is 0 Å². The third-order valence-electron chi connectivity index (χ3n) is 3.39. The van der Waals surface area contributed by atoms with Crippen LogP contribution < -0.4 is 6.15 Å². The molecular weight excluding hydrogens is 330 g/mol. The highest BCUT2D eigenvalue weighted by molar-refractivity contribution is 7.80. The third-order valence-corrected chi connectivity index (χ3v) is 3.85. The van der Waals surface area contributed by atoms with Gasteiger partial charge in [-0.15, -0.1) is 0 Å². The van der Waals surface area contributed by atoms with Crippen LogP contribution in [0.5, 0.6) is 0 Å². The van der Waals surface area contributed by atoms with Crippen molar-refractivity contribution in [2.45, 2.75) is 91.4 Å². The van der Waals surface area contributed by atoms with Crippen LogP contribution in [0.4, 0.5) is 0 Å². The van der Waals surface area contributed by atoms with E-state index in [0.29, 0.717) is 6.42 Å². The van der Waals surface area contributed by atoms with Crippen molar-refractivity contribution in [1.29, 1.82) is 0 Å². The molecule has 0 unspecified atom stereocenters. The van der Waals surface area contributed by atoms with Crippen molar-refractivity contribution in [2.75, 3.05) is 19.8 Å². The second-order valence-corrected chi connectivity index (χ2v) is 6.66. The van der Waals surface area contributed by atoms with Gasteiger partial charge in [0.2, 0.25) is 0 Å². The molecule has 0 aromatic heterocycles. The SMILES string of the molecule is CCCCCCCCCCCCCOS(=O)(=O)O.CCOCC.N. The number of unbranched alkanes of at least 4 members (excludes halogenated alkanes) is 10. The molecule has 0 aliphatic carbocycles. The summed E-state index contributed by atoms with van der Waals surface area (Å²) >= 11 is 0. The summed E-state index contributed by atoms with van der Waals surface area (Å²) in [5.41, 5.74) is 0. The first-order valence-corrected chi connectivity index (χ1v) is 10.5. The Kier molecular flexibility index (Phi) is 27.1. The van der Waals surface area contributed by atoms with Crippen molar-refractivity contribution in [3.8, 4) is 0 Å². The fourth-order valence-electron chi connectivity index (χ4n) is 2.13. The number of hydrogen-bond donors (Lipinski definition) is 2. The van der Waals surface area contributed by atoms with E-state index >= 15 is 0 Å². The van der Waals surface area contributed by atoms with Gasteiger partial charge >= 0.3 is 10.4 Å². The Hall–Kier alpha value is -0.210. The molecule has 0 saturated carbocycles. The van der Waals surface area contributed by atoms with Crippen LogP contribution in [-0.2, 0) is 19.3 Å². The lowest BCUT2D eigenvalue weighted by molar-refractivity contribution is 0.162. The molecule has 0 aliphatic heterocycles. The van der Waals surface area contributed by atoms with E-state index in [2.05, 4.69) is 11.1 Å². The van der Waals surface area contributed by atoms with Crippen molar-refractivity contribution >= 4 is 10.4 Å². The highest BCUT2D eigenvalue weighted by Crippen LogP contribution is 2.11.